The molecule has 1 rings (SSSR count). The Kier molecular flexibility index (Phi) is 15.1. The molecule has 0 saturated carbocycles. The zero-order chi connectivity index (χ0) is 18.7. The van der Waals surface area contributed by atoms with Crippen LogP contribution in [0.3, 0.4) is 0 Å². The fourth-order valence-electron chi connectivity index (χ4n) is 1.82. The predicted octanol–water partition coefficient (Wildman–Crippen LogP) is 2.37. The van der Waals surface area contributed by atoms with Gasteiger partial charge in [-0.1, -0.05) is 46.3 Å². The van der Waals surface area contributed by atoms with Crippen LogP contribution in [-0.4, -0.2) is 70.8 Å². The molecule has 0 atom stereocenters. The number of nitrogens with one attached hydrogen (secondary N) is 1. The molecule has 8 heteroatoms. The maximum absolute atomic E-state index is 11.5. The Balaban J connectivity index is 1.78. The van der Waals surface area contributed by atoms with E-state index in [-0.39, 0.29) is 6.61 Å². The first kappa shape index (κ1) is 22.9. The van der Waals surface area contributed by atoms with E-state index in [2.05, 4.69) is 21.2 Å². The SMILES string of the molecule is O=C(NCCOCCOCCOCCOCCBr)OCc1ccccc1. The second kappa shape index (κ2) is 17.2. The third-order valence-electron chi connectivity index (χ3n) is 3.07. The largest absolute Gasteiger partial charge is 0.445 e. The normalized spacial score (nSPS) is 10.7. The molecular formula is C18H28BrNO6. The Hall–Kier alpha value is -1.19. The van der Waals surface area contributed by atoms with Crippen molar-refractivity contribution in [1.82, 2.24) is 5.32 Å². The number of ether oxygens (including phenoxy) is 5. The molecule has 0 spiro atoms. The first-order valence-corrected chi connectivity index (χ1v) is 9.76. The van der Waals surface area contributed by atoms with Gasteiger partial charge in [0.2, 0.25) is 0 Å². The van der Waals surface area contributed by atoms with Crippen molar-refractivity contribution >= 4 is 22.0 Å². The average molecular weight is 434 g/mol. The van der Waals surface area contributed by atoms with Gasteiger partial charge in [-0.05, 0) is 5.56 Å². The number of alkyl halides is 1. The lowest BCUT2D eigenvalue weighted by atomic mass is 10.2. The number of alkyl carbamates (subject to hydrolysis) is 1. The molecule has 1 amide bonds. The summed E-state index contributed by atoms with van der Waals surface area (Å²) in [5, 5.41) is 3.46. The van der Waals surface area contributed by atoms with Gasteiger partial charge in [0.1, 0.15) is 6.61 Å². The molecule has 26 heavy (non-hydrogen) atoms. The van der Waals surface area contributed by atoms with Crippen molar-refractivity contribution in [3.05, 3.63) is 35.9 Å². The molecule has 7 nitrogen and oxygen atoms in total. The molecule has 1 aromatic carbocycles. The summed E-state index contributed by atoms with van der Waals surface area (Å²) < 4.78 is 26.4. The molecule has 0 unspecified atom stereocenters. The van der Waals surface area contributed by atoms with Crippen LogP contribution in [0.5, 0.6) is 0 Å². The molecule has 0 aromatic heterocycles. The van der Waals surface area contributed by atoms with Gasteiger partial charge >= 0.3 is 6.09 Å². The Morgan fingerprint density at radius 1 is 0.808 bits per heavy atom. The van der Waals surface area contributed by atoms with Crippen molar-refractivity contribution in [3.8, 4) is 0 Å². The average Bonchev–Trinajstić information content (AvgIpc) is 2.67. The number of halogens is 1. The van der Waals surface area contributed by atoms with Gasteiger partial charge in [0.15, 0.2) is 0 Å². The van der Waals surface area contributed by atoms with Crippen LogP contribution in [0.4, 0.5) is 4.79 Å². The van der Waals surface area contributed by atoms with Crippen LogP contribution in [0.2, 0.25) is 0 Å². The van der Waals surface area contributed by atoms with Crippen molar-refractivity contribution in [2.75, 3.05) is 64.7 Å². The molecule has 0 radical (unpaired) electrons. The summed E-state index contributed by atoms with van der Waals surface area (Å²) in [6.07, 6.45) is -0.453. The van der Waals surface area contributed by atoms with Crippen molar-refractivity contribution in [2.45, 2.75) is 6.61 Å². The maximum Gasteiger partial charge on any atom is 0.407 e. The second-order valence-electron chi connectivity index (χ2n) is 5.13. The highest BCUT2D eigenvalue weighted by atomic mass is 79.9. The first-order valence-electron chi connectivity index (χ1n) is 8.64. The molecule has 1 aromatic rings. The smallest absolute Gasteiger partial charge is 0.407 e. The fraction of sp³-hybridized carbons (Fsp3) is 0.611. The van der Waals surface area contributed by atoms with E-state index in [0.29, 0.717) is 59.4 Å². The van der Waals surface area contributed by atoms with E-state index in [1.807, 2.05) is 30.3 Å². The lowest BCUT2D eigenvalue weighted by Crippen LogP contribution is -2.28. The van der Waals surface area contributed by atoms with Crippen LogP contribution in [0.15, 0.2) is 30.3 Å². The summed E-state index contributed by atoms with van der Waals surface area (Å²) in [5.41, 5.74) is 0.950. The lowest BCUT2D eigenvalue weighted by Gasteiger charge is -2.08. The summed E-state index contributed by atoms with van der Waals surface area (Å²) in [4.78, 5) is 11.5. The molecule has 0 aliphatic carbocycles. The Morgan fingerprint density at radius 2 is 1.35 bits per heavy atom. The van der Waals surface area contributed by atoms with Gasteiger partial charge in [-0.25, -0.2) is 4.79 Å². The maximum atomic E-state index is 11.5. The van der Waals surface area contributed by atoms with Crippen LogP contribution in [0, 0.1) is 0 Å². The van der Waals surface area contributed by atoms with Gasteiger partial charge in [0.25, 0.3) is 0 Å². The topological polar surface area (TPSA) is 75.3 Å². The third kappa shape index (κ3) is 14.0. The summed E-state index contributed by atoms with van der Waals surface area (Å²) >= 11 is 3.28. The van der Waals surface area contributed by atoms with Crippen molar-refractivity contribution < 1.29 is 28.5 Å². The molecule has 0 saturated heterocycles. The van der Waals surface area contributed by atoms with Gasteiger partial charge in [-0.15, -0.1) is 0 Å². The monoisotopic (exact) mass is 433 g/mol. The van der Waals surface area contributed by atoms with Gasteiger partial charge < -0.3 is 29.0 Å². The summed E-state index contributed by atoms with van der Waals surface area (Å²) in [7, 11) is 0. The molecular weight excluding hydrogens is 406 g/mol. The zero-order valence-corrected chi connectivity index (χ0v) is 16.6. The van der Waals surface area contributed by atoms with Crippen LogP contribution < -0.4 is 5.32 Å². The van der Waals surface area contributed by atoms with E-state index in [4.69, 9.17) is 23.7 Å². The van der Waals surface area contributed by atoms with E-state index in [0.717, 1.165) is 10.9 Å². The molecule has 0 bridgehead atoms. The molecule has 0 heterocycles. The van der Waals surface area contributed by atoms with Gasteiger partial charge in [-0.3, -0.25) is 0 Å². The standard InChI is InChI=1S/C18H28BrNO6/c19-6-8-22-10-12-24-14-15-25-13-11-23-9-7-20-18(21)26-16-17-4-2-1-3-5-17/h1-5H,6-16H2,(H,20,21). The second-order valence-corrected chi connectivity index (χ2v) is 5.92. The molecule has 1 N–H and O–H groups in total. The predicted molar refractivity (Wildman–Crippen MR) is 102 cm³/mol. The van der Waals surface area contributed by atoms with Crippen LogP contribution in [-0.2, 0) is 30.3 Å². The van der Waals surface area contributed by atoms with E-state index in [1.54, 1.807) is 0 Å². The van der Waals surface area contributed by atoms with Crippen molar-refractivity contribution in [3.63, 3.8) is 0 Å². The van der Waals surface area contributed by atoms with Crippen LogP contribution >= 0.6 is 15.9 Å². The van der Waals surface area contributed by atoms with Crippen LogP contribution in [0.1, 0.15) is 5.56 Å². The number of amides is 1. The lowest BCUT2D eigenvalue weighted by molar-refractivity contribution is 0.000181. The summed E-state index contributed by atoms with van der Waals surface area (Å²) in [6, 6.07) is 9.53. The number of carbonyl (C=O) groups excluding carboxylic acids is 1. The minimum atomic E-state index is -0.453. The van der Waals surface area contributed by atoms with Gasteiger partial charge in [-0.2, -0.15) is 0 Å². The first-order chi connectivity index (χ1) is 12.8. The quantitative estimate of drug-likeness (QED) is 0.318. The minimum Gasteiger partial charge on any atom is -0.445 e. The number of rotatable bonds is 16. The van der Waals surface area contributed by atoms with E-state index >= 15 is 0 Å². The molecule has 0 aliphatic rings. The zero-order valence-electron chi connectivity index (χ0n) is 15.0. The Morgan fingerprint density at radius 3 is 1.92 bits per heavy atom. The summed E-state index contributed by atoms with van der Waals surface area (Å²) in [5.74, 6) is 0. The Bertz CT molecular complexity index is 449. The highest BCUT2D eigenvalue weighted by Crippen LogP contribution is 2.00. The van der Waals surface area contributed by atoms with Gasteiger partial charge in [0, 0.05) is 11.9 Å². The third-order valence-corrected chi connectivity index (χ3v) is 3.39. The summed E-state index contributed by atoms with van der Waals surface area (Å²) in [6.45, 7) is 4.92. The number of carbonyl (C=O) groups is 1. The van der Waals surface area contributed by atoms with Crippen molar-refractivity contribution in [1.29, 1.82) is 0 Å². The molecule has 0 fully saturated rings. The fourth-order valence-corrected chi connectivity index (χ4v) is 2.04. The van der Waals surface area contributed by atoms with Gasteiger partial charge in [0.05, 0.1) is 52.9 Å². The highest BCUT2D eigenvalue weighted by molar-refractivity contribution is 9.09. The number of benzene rings is 1. The number of hydrogen-bond donors (Lipinski definition) is 1. The molecule has 148 valence electrons. The van der Waals surface area contributed by atoms with Crippen LogP contribution in [0.25, 0.3) is 0 Å². The highest BCUT2D eigenvalue weighted by Gasteiger charge is 2.01. The molecule has 0 aliphatic heterocycles. The number of hydrogen-bond acceptors (Lipinski definition) is 6. The van der Waals surface area contributed by atoms with E-state index < -0.39 is 6.09 Å². The minimum absolute atomic E-state index is 0.256. The Labute approximate surface area is 163 Å². The van der Waals surface area contributed by atoms with E-state index in [1.165, 1.54) is 0 Å². The van der Waals surface area contributed by atoms with Crippen molar-refractivity contribution in [2.24, 2.45) is 0 Å². The van der Waals surface area contributed by atoms with E-state index in [9.17, 15) is 4.79 Å².